The molecule has 0 spiro atoms. The van der Waals surface area contributed by atoms with Crippen LogP contribution in [0, 0.1) is 23.2 Å². The van der Waals surface area contributed by atoms with Crippen LogP contribution in [0.25, 0.3) is 0 Å². The molecule has 0 unspecified atom stereocenters. The molecule has 4 aliphatic carbocycles. The van der Waals surface area contributed by atoms with Crippen molar-refractivity contribution in [1.82, 2.24) is 0 Å². The molecule has 0 aromatic heterocycles. The lowest BCUT2D eigenvalue weighted by Gasteiger charge is -2.55. The summed E-state index contributed by atoms with van der Waals surface area (Å²) >= 11 is 0. The number of allylic oxidation sites excluding steroid dienone is 3. The molecule has 0 atom stereocenters. The summed E-state index contributed by atoms with van der Waals surface area (Å²) in [5, 5.41) is 0. The van der Waals surface area contributed by atoms with Gasteiger partial charge in [-0.1, -0.05) is 24.8 Å². The molecule has 0 amide bonds. The average Bonchev–Trinajstić information content (AvgIpc) is 2.12. The minimum atomic E-state index is 0.600. The Hall–Kier alpha value is -0.520. The smallest absolute Gasteiger partial charge is 0.0107 e. The van der Waals surface area contributed by atoms with Gasteiger partial charge in [-0.05, 0) is 61.7 Å². The van der Waals surface area contributed by atoms with Crippen LogP contribution in [0.4, 0.5) is 0 Å². The predicted molar refractivity (Wildman–Crippen MR) is 59.9 cm³/mol. The molecule has 0 heterocycles. The van der Waals surface area contributed by atoms with Gasteiger partial charge in [0.15, 0.2) is 0 Å². The van der Waals surface area contributed by atoms with Crippen LogP contribution >= 0.6 is 0 Å². The Balaban J connectivity index is 1.87. The highest BCUT2D eigenvalue weighted by molar-refractivity contribution is 5.13. The molecule has 0 nitrogen and oxygen atoms in total. The minimum Gasteiger partial charge on any atom is -0.0991 e. The lowest BCUT2D eigenvalue weighted by molar-refractivity contribution is -0.0237. The van der Waals surface area contributed by atoms with Gasteiger partial charge in [0.1, 0.15) is 0 Å². The molecular formula is C14H20. The summed E-state index contributed by atoms with van der Waals surface area (Å²) in [6, 6.07) is 0. The van der Waals surface area contributed by atoms with Crippen LogP contribution in [0.15, 0.2) is 24.8 Å². The summed E-state index contributed by atoms with van der Waals surface area (Å²) in [5.41, 5.74) is 0.600. The Bertz CT molecular complexity index is 236. The van der Waals surface area contributed by atoms with Gasteiger partial charge >= 0.3 is 0 Å². The number of rotatable bonds is 2. The molecule has 0 radical (unpaired) electrons. The molecule has 0 aromatic rings. The maximum Gasteiger partial charge on any atom is -0.0107 e. The monoisotopic (exact) mass is 188 g/mol. The van der Waals surface area contributed by atoms with Gasteiger partial charge in [0.25, 0.3) is 0 Å². The summed E-state index contributed by atoms with van der Waals surface area (Å²) in [6.07, 6.45) is 15.7. The van der Waals surface area contributed by atoms with E-state index < -0.39 is 0 Å². The lowest BCUT2D eigenvalue weighted by Crippen LogP contribution is -2.44. The van der Waals surface area contributed by atoms with Crippen LogP contribution in [0.2, 0.25) is 0 Å². The van der Waals surface area contributed by atoms with E-state index in [0.717, 1.165) is 17.8 Å². The highest BCUT2D eigenvalue weighted by Crippen LogP contribution is 2.60. The summed E-state index contributed by atoms with van der Waals surface area (Å²) in [6.45, 7) is 3.79. The molecule has 4 aliphatic rings. The van der Waals surface area contributed by atoms with Gasteiger partial charge < -0.3 is 0 Å². The Morgan fingerprint density at radius 1 is 0.929 bits per heavy atom. The van der Waals surface area contributed by atoms with Gasteiger partial charge in [-0.25, -0.2) is 0 Å². The highest BCUT2D eigenvalue weighted by Gasteiger charge is 2.49. The van der Waals surface area contributed by atoms with Crippen molar-refractivity contribution in [2.45, 2.75) is 38.5 Å². The molecule has 0 aliphatic heterocycles. The third-order valence-electron chi connectivity index (χ3n) is 4.67. The van der Waals surface area contributed by atoms with Crippen molar-refractivity contribution >= 4 is 0 Å². The molecule has 4 rings (SSSR count). The van der Waals surface area contributed by atoms with Gasteiger partial charge in [-0.2, -0.15) is 0 Å². The highest BCUT2D eigenvalue weighted by atomic mass is 14.5. The SMILES string of the molecule is C=C/C=C\C12CC3CC(CC(C3)C1)C2. The van der Waals surface area contributed by atoms with Gasteiger partial charge in [-0.3, -0.25) is 0 Å². The lowest BCUT2D eigenvalue weighted by atomic mass is 9.49. The van der Waals surface area contributed by atoms with Gasteiger partial charge in [-0.15, -0.1) is 0 Å². The van der Waals surface area contributed by atoms with E-state index in [9.17, 15) is 0 Å². The minimum absolute atomic E-state index is 0.600. The summed E-state index contributed by atoms with van der Waals surface area (Å²) in [4.78, 5) is 0. The summed E-state index contributed by atoms with van der Waals surface area (Å²) < 4.78 is 0. The van der Waals surface area contributed by atoms with Crippen LogP contribution in [-0.4, -0.2) is 0 Å². The molecule has 14 heavy (non-hydrogen) atoms. The normalized spacial score (nSPS) is 50.1. The van der Waals surface area contributed by atoms with E-state index >= 15 is 0 Å². The van der Waals surface area contributed by atoms with Crippen molar-refractivity contribution in [3.8, 4) is 0 Å². The first-order chi connectivity index (χ1) is 6.80. The molecule has 0 saturated heterocycles. The molecule has 4 bridgehead atoms. The molecule has 0 heteroatoms. The van der Waals surface area contributed by atoms with E-state index in [2.05, 4.69) is 18.7 Å². The van der Waals surface area contributed by atoms with Crippen LogP contribution in [-0.2, 0) is 0 Å². The Morgan fingerprint density at radius 3 is 1.86 bits per heavy atom. The Labute approximate surface area is 87.1 Å². The molecule has 4 fully saturated rings. The van der Waals surface area contributed by atoms with E-state index in [1.807, 2.05) is 6.08 Å². The van der Waals surface area contributed by atoms with Gasteiger partial charge in [0, 0.05) is 0 Å². The van der Waals surface area contributed by atoms with Crippen LogP contribution in [0.1, 0.15) is 38.5 Å². The fraction of sp³-hybridized carbons (Fsp3) is 0.714. The maximum absolute atomic E-state index is 3.79. The van der Waals surface area contributed by atoms with E-state index in [0.29, 0.717) is 5.41 Å². The molecule has 4 saturated carbocycles. The zero-order valence-corrected chi connectivity index (χ0v) is 8.91. The van der Waals surface area contributed by atoms with Crippen molar-refractivity contribution in [2.24, 2.45) is 23.2 Å². The Morgan fingerprint density at radius 2 is 1.43 bits per heavy atom. The third-order valence-corrected chi connectivity index (χ3v) is 4.67. The van der Waals surface area contributed by atoms with Crippen molar-refractivity contribution in [2.75, 3.05) is 0 Å². The van der Waals surface area contributed by atoms with E-state index in [1.54, 1.807) is 19.3 Å². The van der Waals surface area contributed by atoms with Crippen molar-refractivity contribution in [3.05, 3.63) is 24.8 Å². The fourth-order valence-corrected chi connectivity index (χ4v) is 4.65. The fourth-order valence-electron chi connectivity index (χ4n) is 4.65. The zero-order chi connectivity index (χ0) is 9.60. The second-order valence-corrected chi connectivity index (χ2v) is 5.87. The molecular weight excluding hydrogens is 168 g/mol. The topological polar surface area (TPSA) is 0 Å². The van der Waals surface area contributed by atoms with Gasteiger partial charge in [0.05, 0.1) is 0 Å². The second kappa shape index (κ2) is 2.98. The van der Waals surface area contributed by atoms with Gasteiger partial charge in [0.2, 0.25) is 0 Å². The maximum atomic E-state index is 3.79. The molecule has 76 valence electrons. The standard InChI is InChI=1S/C14H20/c1-2-3-4-14-8-11-5-12(9-14)7-13(6-11)10-14/h2-4,11-13H,1,5-10H2/b4-3-. The first-order valence-corrected chi connectivity index (χ1v) is 6.10. The van der Waals surface area contributed by atoms with Crippen molar-refractivity contribution in [1.29, 1.82) is 0 Å². The first kappa shape index (κ1) is 8.76. The summed E-state index contributed by atoms with van der Waals surface area (Å²) in [7, 11) is 0. The third kappa shape index (κ3) is 1.27. The molecule has 0 N–H and O–H groups in total. The first-order valence-electron chi connectivity index (χ1n) is 6.10. The zero-order valence-electron chi connectivity index (χ0n) is 8.91. The Kier molecular flexibility index (Phi) is 1.87. The van der Waals surface area contributed by atoms with Crippen LogP contribution < -0.4 is 0 Å². The van der Waals surface area contributed by atoms with E-state index in [4.69, 9.17) is 0 Å². The number of hydrogen-bond acceptors (Lipinski definition) is 0. The predicted octanol–water partition coefficient (Wildman–Crippen LogP) is 3.95. The second-order valence-electron chi connectivity index (χ2n) is 5.87. The van der Waals surface area contributed by atoms with Crippen molar-refractivity contribution in [3.63, 3.8) is 0 Å². The largest absolute Gasteiger partial charge is 0.0991 e. The quantitative estimate of drug-likeness (QED) is 0.576. The van der Waals surface area contributed by atoms with Crippen LogP contribution in [0.5, 0.6) is 0 Å². The number of hydrogen-bond donors (Lipinski definition) is 0. The molecule has 0 aromatic carbocycles. The van der Waals surface area contributed by atoms with E-state index in [1.165, 1.54) is 19.3 Å². The van der Waals surface area contributed by atoms with Crippen LogP contribution in [0.3, 0.4) is 0 Å². The average molecular weight is 188 g/mol. The van der Waals surface area contributed by atoms with Crippen molar-refractivity contribution < 1.29 is 0 Å². The summed E-state index contributed by atoms with van der Waals surface area (Å²) in [5.74, 6) is 3.20. The van der Waals surface area contributed by atoms with E-state index in [-0.39, 0.29) is 0 Å².